The lowest BCUT2D eigenvalue weighted by atomic mass is 9.99. The fraction of sp³-hybridized carbons (Fsp3) is 0.0488. The molecule has 0 saturated carbocycles. The van der Waals surface area contributed by atoms with Crippen molar-refractivity contribution >= 4 is 43.9 Å². The first-order valence-electron chi connectivity index (χ1n) is 15.7. The van der Waals surface area contributed by atoms with Gasteiger partial charge in [-0.15, -0.1) is 0 Å². The maximum atomic E-state index is 6.71. The van der Waals surface area contributed by atoms with E-state index >= 15 is 0 Å². The molecule has 0 amide bonds. The Labute approximate surface area is 269 Å². The Morgan fingerprint density at radius 2 is 1.51 bits per heavy atom. The first-order chi connectivity index (χ1) is 23.2. The molecule has 0 saturated heterocycles. The van der Waals surface area contributed by atoms with Crippen molar-refractivity contribution in [2.75, 3.05) is 0 Å². The third-order valence-corrected chi connectivity index (χ3v) is 9.26. The summed E-state index contributed by atoms with van der Waals surface area (Å²) in [6.07, 6.45) is 4.58. The van der Waals surface area contributed by atoms with E-state index in [-0.39, 0.29) is 0 Å². The second-order valence-corrected chi connectivity index (χ2v) is 12.1. The number of furan rings is 1. The number of fused-ring (bicyclic) bond motifs is 10. The van der Waals surface area contributed by atoms with Crippen molar-refractivity contribution < 1.29 is 9.15 Å². The van der Waals surface area contributed by atoms with Crippen molar-refractivity contribution in [3.8, 4) is 39.7 Å². The van der Waals surface area contributed by atoms with Gasteiger partial charge in [-0.1, -0.05) is 42.5 Å². The smallest absolute Gasteiger partial charge is 0.227 e. The van der Waals surface area contributed by atoms with E-state index < -0.39 is 0 Å². The zero-order valence-electron chi connectivity index (χ0n) is 25.4. The summed E-state index contributed by atoms with van der Waals surface area (Å²) in [6.45, 7) is 1.97. The molecule has 0 fully saturated rings. The van der Waals surface area contributed by atoms with Crippen LogP contribution in [0.1, 0.15) is 16.8 Å². The third kappa shape index (κ3) is 3.95. The maximum Gasteiger partial charge on any atom is 0.227 e. The van der Waals surface area contributed by atoms with Crippen molar-refractivity contribution in [3.05, 3.63) is 144 Å². The lowest BCUT2D eigenvalue weighted by Crippen LogP contribution is -1.97. The Morgan fingerprint density at radius 3 is 2.38 bits per heavy atom. The second-order valence-electron chi connectivity index (χ2n) is 12.1. The van der Waals surface area contributed by atoms with Crippen LogP contribution >= 0.6 is 0 Å². The zero-order chi connectivity index (χ0) is 31.1. The van der Waals surface area contributed by atoms with Gasteiger partial charge in [0.2, 0.25) is 5.71 Å². The van der Waals surface area contributed by atoms with E-state index in [2.05, 4.69) is 81.3 Å². The van der Waals surface area contributed by atoms with Crippen molar-refractivity contribution in [1.82, 2.24) is 19.5 Å². The highest BCUT2D eigenvalue weighted by Gasteiger charge is 2.25. The molecule has 4 aromatic carbocycles. The molecule has 5 heterocycles. The minimum atomic E-state index is 0.602. The van der Waals surface area contributed by atoms with Crippen LogP contribution < -0.4 is 4.74 Å². The van der Waals surface area contributed by atoms with E-state index in [9.17, 15) is 0 Å². The minimum Gasteiger partial charge on any atom is -0.457 e. The number of nitrogens with zero attached hydrogens (tertiary/aromatic N) is 4. The quantitative estimate of drug-likeness (QED) is 0.199. The van der Waals surface area contributed by atoms with Gasteiger partial charge in [-0.25, -0.2) is 9.97 Å². The Balaban J connectivity index is 1.19. The van der Waals surface area contributed by atoms with E-state index in [1.807, 2.05) is 61.7 Å². The number of aromatic nitrogens is 4. The first kappa shape index (κ1) is 26.0. The minimum absolute atomic E-state index is 0.602. The first-order valence-corrected chi connectivity index (χ1v) is 15.7. The standard InChI is InChI=1S/C41H26N4O2/c1-24-12-15-30-32-21-28(22-33(34-10-4-6-18-42-34)40(32)47-41(30)44-24)46-27-14-16-31-36(23-27)45(37-11-5-7-19-43-37)35-17-13-26-20-25-8-2-3-9-29(25)38(26)39(31)35/h2-19,21-23H,20H2,1H3. The highest BCUT2D eigenvalue weighted by atomic mass is 16.5. The molecular weight excluding hydrogens is 580 g/mol. The molecule has 0 atom stereocenters. The van der Waals surface area contributed by atoms with Gasteiger partial charge in [0.1, 0.15) is 22.9 Å². The summed E-state index contributed by atoms with van der Waals surface area (Å²) in [4.78, 5) is 14.1. The molecule has 47 heavy (non-hydrogen) atoms. The van der Waals surface area contributed by atoms with Gasteiger partial charge in [-0.05, 0) is 102 Å². The summed E-state index contributed by atoms with van der Waals surface area (Å²) in [5.41, 5.74) is 11.4. The SMILES string of the molecule is Cc1ccc2c(n1)oc1c(-c3ccccn3)cc(Oc3ccc4c5c6c(ccc5n(-c5ccccn5)c4c3)Cc3ccccc3-6)cc12. The predicted molar refractivity (Wildman–Crippen MR) is 186 cm³/mol. The van der Waals surface area contributed by atoms with Crippen LogP contribution in [-0.2, 0) is 6.42 Å². The normalized spacial score (nSPS) is 12.3. The van der Waals surface area contributed by atoms with Crippen LogP contribution in [0.3, 0.4) is 0 Å². The number of ether oxygens (including phenoxy) is 1. The highest BCUT2D eigenvalue weighted by Crippen LogP contribution is 2.46. The van der Waals surface area contributed by atoms with Gasteiger partial charge in [0.05, 0.1) is 16.7 Å². The maximum absolute atomic E-state index is 6.71. The fourth-order valence-electron chi connectivity index (χ4n) is 7.24. The molecule has 0 N–H and O–H groups in total. The summed E-state index contributed by atoms with van der Waals surface area (Å²) in [6, 6.07) is 39.6. The highest BCUT2D eigenvalue weighted by molar-refractivity contribution is 6.17. The van der Waals surface area contributed by atoms with Crippen LogP contribution in [0.2, 0.25) is 0 Å². The molecule has 0 aliphatic heterocycles. The number of benzene rings is 4. The molecular formula is C41H26N4O2. The van der Waals surface area contributed by atoms with E-state index in [1.165, 1.54) is 33.0 Å². The molecule has 5 aromatic heterocycles. The van der Waals surface area contributed by atoms with Crippen molar-refractivity contribution in [3.63, 3.8) is 0 Å². The van der Waals surface area contributed by atoms with Crippen LogP contribution in [0, 0.1) is 6.92 Å². The second kappa shape index (κ2) is 9.86. The lowest BCUT2D eigenvalue weighted by Gasteiger charge is -2.10. The fourth-order valence-corrected chi connectivity index (χ4v) is 7.24. The molecule has 0 unspecified atom stereocenters. The zero-order valence-corrected chi connectivity index (χ0v) is 25.4. The average molecular weight is 607 g/mol. The number of hydrogen-bond donors (Lipinski definition) is 0. The van der Waals surface area contributed by atoms with Crippen LogP contribution in [-0.4, -0.2) is 19.5 Å². The number of aryl methyl sites for hydroxylation is 1. The molecule has 1 aliphatic carbocycles. The summed E-state index contributed by atoms with van der Waals surface area (Å²) in [5.74, 6) is 2.28. The van der Waals surface area contributed by atoms with E-state index in [4.69, 9.17) is 14.1 Å². The van der Waals surface area contributed by atoms with Crippen molar-refractivity contribution in [1.29, 1.82) is 0 Å². The molecule has 6 heteroatoms. The number of pyridine rings is 3. The van der Waals surface area contributed by atoms with Gasteiger partial charge in [0, 0.05) is 51.3 Å². The van der Waals surface area contributed by atoms with Gasteiger partial charge >= 0.3 is 0 Å². The van der Waals surface area contributed by atoms with Gasteiger partial charge in [0.15, 0.2) is 0 Å². The molecule has 9 aromatic rings. The Bertz CT molecular complexity index is 2690. The molecule has 10 rings (SSSR count). The van der Waals surface area contributed by atoms with E-state index in [0.29, 0.717) is 11.5 Å². The van der Waals surface area contributed by atoms with Gasteiger partial charge in [-0.3, -0.25) is 9.55 Å². The Morgan fingerprint density at radius 1 is 0.660 bits per heavy atom. The summed E-state index contributed by atoms with van der Waals surface area (Å²) < 4.78 is 15.3. The Kier molecular flexibility index (Phi) is 5.46. The van der Waals surface area contributed by atoms with Crippen LogP contribution in [0.5, 0.6) is 11.5 Å². The van der Waals surface area contributed by atoms with E-state index in [0.717, 1.165) is 62.3 Å². The van der Waals surface area contributed by atoms with Gasteiger partial charge < -0.3 is 9.15 Å². The average Bonchev–Trinajstić information content (AvgIpc) is 3.77. The van der Waals surface area contributed by atoms with Crippen molar-refractivity contribution in [2.45, 2.75) is 13.3 Å². The summed E-state index contributed by atoms with van der Waals surface area (Å²) >= 11 is 0. The third-order valence-electron chi connectivity index (χ3n) is 9.26. The van der Waals surface area contributed by atoms with Crippen LogP contribution in [0.15, 0.2) is 132 Å². The number of hydrogen-bond acceptors (Lipinski definition) is 5. The predicted octanol–water partition coefficient (Wildman–Crippen LogP) is 10.2. The van der Waals surface area contributed by atoms with Crippen LogP contribution in [0.25, 0.3) is 72.1 Å². The monoisotopic (exact) mass is 606 g/mol. The van der Waals surface area contributed by atoms with E-state index in [1.54, 1.807) is 6.20 Å². The molecule has 0 bridgehead atoms. The van der Waals surface area contributed by atoms with Gasteiger partial charge in [-0.2, -0.15) is 0 Å². The molecule has 0 radical (unpaired) electrons. The summed E-state index contributed by atoms with van der Waals surface area (Å²) in [5, 5.41) is 4.28. The van der Waals surface area contributed by atoms with Gasteiger partial charge in [0.25, 0.3) is 0 Å². The molecule has 0 spiro atoms. The van der Waals surface area contributed by atoms with Crippen LogP contribution in [0.4, 0.5) is 0 Å². The molecule has 222 valence electrons. The number of rotatable bonds is 4. The molecule has 6 nitrogen and oxygen atoms in total. The summed E-state index contributed by atoms with van der Waals surface area (Å²) in [7, 11) is 0. The lowest BCUT2D eigenvalue weighted by molar-refractivity contribution is 0.484. The topological polar surface area (TPSA) is 66.0 Å². The largest absolute Gasteiger partial charge is 0.457 e. The molecule has 1 aliphatic rings. The Hall–Kier alpha value is -6.27. The van der Waals surface area contributed by atoms with Crippen molar-refractivity contribution in [2.24, 2.45) is 0 Å².